The molecule has 24 heteroatoms. The van der Waals surface area contributed by atoms with Gasteiger partial charge in [0, 0.05) is 89.1 Å². The Morgan fingerprint density at radius 2 is 1.20 bits per heavy atom. The molecular formula is C61H70F5N11O8. The van der Waals surface area contributed by atoms with Crippen LogP contribution in [0, 0.1) is 53.3 Å². The van der Waals surface area contributed by atoms with Crippen molar-refractivity contribution >= 4 is 64.2 Å². The van der Waals surface area contributed by atoms with Crippen molar-refractivity contribution in [2.75, 3.05) is 94.6 Å². The number of aromatic nitrogens is 4. The number of anilines is 3. The van der Waals surface area contributed by atoms with E-state index in [1.165, 1.54) is 54.4 Å². The lowest BCUT2D eigenvalue weighted by Crippen LogP contribution is -2.53. The second-order valence-corrected chi connectivity index (χ2v) is 22.6. The maximum atomic E-state index is 17.1. The molecule has 0 saturated carbocycles. The number of amides is 4. The largest absolute Gasteiger partial charge is 0.453 e. The summed E-state index contributed by atoms with van der Waals surface area (Å²) in [6.07, 6.45) is 13.6. The molecule has 85 heavy (non-hydrogen) atoms. The molecule has 11 rings (SSSR count). The number of aromatic amines is 2. The summed E-state index contributed by atoms with van der Waals surface area (Å²) < 4.78 is 101. The van der Waals surface area contributed by atoms with Crippen LogP contribution in [0.3, 0.4) is 0 Å². The normalized spacial score (nSPS) is 22.7. The number of para-hydroxylation sites is 1. The van der Waals surface area contributed by atoms with Crippen molar-refractivity contribution in [3.8, 4) is 12.3 Å². The van der Waals surface area contributed by atoms with E-state index in [0.29, 0.717) is 137 Å². The number of hydrogen-bond donors (Lipinski definition) is 4. The van der Waals surface area contributed by atoms with E-state index in [9.17, 15) is 28.0 Å². The smallest absolute Gasteiger partial charge is 0.407 e. The third kappa shape index (κ3) is 12.2. The first-order valence-electron chi connectivity index (χ1n) is 29.3. The van der Waals surface area contributed by atoms with Gasteiger partial charge in [-0.1, -0.05) is 18.1 Å². The van der Waals surface area contributed by atoms with Gasteiger partial charge in [0.05, 0.1) is 54.1 Å². The number of terminal acetylenes is 1. The zero-order valence-electron chi connectivity index (χ0n) is 47.5. The monoisotopic (exact) mass is 1180 g/mol. The molecule has 0 aliphatic carbocycles. The van der Waals surface area contributed by atoms with Gasteiger partial charge in [0.2, 0.25) is 11.8 Å². The Kier molecular flexibility index (Phi) is 17.8. The summed E-state index contributed by atoms with van der Waals surface area (Å²) in [5.74, 6) is -1.22. The topological polar surface area (TPSA) is 203 Å². The standard InChI is InChI=1S/C61H70F5N11O8/c1-4-8-45-46(68-56(67-45)50-11-6-21-75(50)58(78)52(71-60(80)82-2)35-17-27-84-28-18-35)15-13-37-14-16-49(77(37)38-31-43(65)55(44(66)32-38)74-25-23-73(24-26-74)54-40(62)9-5-10-41(54)63)39-33-47-48(34-42(39)64)70-57(69-47)51-12-7-22-76(51)59(79)53(72-61(81)83-3)36-19-29-85-30-20-36/h1,5,8-10,15,31-37,49-53H,6-7,11-14,16-30H2,2-3H3,(H,67,68)(H,69,70)(H,71,80)(H,72,81)/b45-8+,46-15+/t37-,49+,50-,51-,52-,53-/m0/s1. The molecule has 4 amide bonds. The molecule has 0 radical (unpaired) electrons. The summed E-state index contributed by atoms with van der Waals surface area (Å²) in [5.41, 5.74) is 0.663. The molecule has 0 spiro atoms. The predicted molar refractivity (Wildman–Crippen MR) is 305 cm³/mol. The molecule has 0 bridgehead atoms. The first-order valence-corrected chi connectivity index (χ1v) is 29.3. The number of carbonyl (C=O) groups excluding carboxylic acids is 4. The maximum Gasteiger partial charge on any atom is 0.407 e. The molecule has 6 aliphatic heterocycles. The zero-order chi connectivity index (χ0) is 59.5. The average Bonchev–Trinajstić information content (AvgIpc) is 2.50. The van der Waals surface area contributed by atoms with Gasteiger partial charge in [-0.15, -0.1) is 6.42 Å². The average molecular weight is 1180 g/mol. The van der Waals surface area contributed by atoms with Gasteiger partial charge in [0.25, 0.3) is 0 Å². The number of alkyl carbamates (subject to hydrolysis) is 2. The quantitative estimate of drug-likeness (QED) is 0.0659. The molecule has 452 valence electrons. The van der Waals surface area contributed by atoms with Crippen molar-refractivity contribution in [1.29, 1.82) is 0 Å². The summed E-state index contributed by atoms with van der Waals surface area (Å²) in [6.45, 7) is 2.94. The first-order chi connectivity index (χ1) is 41.2. The van der Waals surface area contributed by atoms with Crippen LogP contribution in [0.5, 0.6) is 0 Å². The van der Waals surface area contributed by atoms with E-state index in [0.717, 1.165) is 12.1 Å². The second kappa shape index (κ2) is 25.7. The lowest BCUT2D eigenvalue weighted by Gasteiger charge is -2.38. The number of hydrogen-bond acceptors (Lipinski definition) is 13. The highest BCUT2D eigenvalue weighted by molar-refractivity contribution is 5.87. The molecule has 3 aromatic carbocycles. The van der Waals surface area contributed by atoms with E-state index < -0.39 is 77.5 Å². The highest BCUT2D eigenvalue weighted by Crippen LogP contribution is 2.45. The van der Waals surface area contributed by atoms with Crippen molar-refractivity contribution in [1.82, 2.24) is 40.4 Å². The Balaban J connectivity index is 0.907. The van der Waals surface area contributed by atoms with Crippen molar-refractivity contribution in [2.45, 2.75) is 107 Å². The Bertz CT molecular complexity index is 3420. The van der Waals surface area contributed by atoms with Gasteiger partial charge < -0.3 is 64.0 Å². The third-order valence-corrected chi connectivity index (χ3v) is 17.8. The Morgan fingerprint density at radius 3 is 1.73 bits per heavy atom. The van der Waals surface area contributed by atoms with Gasteiger partial charge in [0.15, 0.2) is 11.6 Å². The van der Waals surface area contributed by atoms with Gasteiger partial charge in [-0.3, -0.25) is 9.59 Å². The Labute approximate surface area is 488 Å². The SMILES string of the molecule is C#C/C=c1/[nH]c([C@@H]2CCCN2C(=O)[C@@H](NC(=O)OC)C2CCOCC2)n/c1=C/C[C@H]1CC[C@H](c2cc3nc([C@@H]4CCCN4C(=O)[C@@H](NC(=O)OC)C4CCOCC4)[nH]c3cc2F)N1c1cc(F)c(N2CCN(c3c(F)cccc3F)CC2)c(F)c1. The number of nitrogens with zero attached hydrogens (tertiary/aromatic N) is 7. The van der Waals surface area contributed by atoms with E-state index >= 15 is 13.2 Å². The number of rotatable bonds is 14. The minimum atomic E-state index is -0.877. The summed E-state index contributed by atoms with van der Waals surface area (Å²) in [6, 6.07) is 5.08. The number of methoxy groups -OCH3 is 2. The van der Waals surface area contributed by atoms with Crippen molar-refractivity contribution in [2.24, 2.45) is 11.8 Å². The van der Waals surface area contributed by atoms with Crippen LogP contribution in [-0.4, -0.2) is 152 Å². The first kappa shape index (κ1) is 58.8. The van der Waals surface area contributed by atoms with Gasteiger partial charge >= 0.3 is 12.2 Å². The number of ether oxygens (including phenoxy) is 4. The highest BCUT2D eigenvalue weighted by atomic mass is 19.1. The fraction of sp³-hybridized carbons (Fsp3) is 0.508. The molecule has 19 nitrogen and oxygen atoms in total. The van der Waals surface area contributed by atoms with Crippen LogP contribution in [0.25, 0.3) is 23.2 Å². The number of benzene rings is 3. The number of H-pyrrole nitrogens is 2. The molecule has 6 atom stereocenters. The molecule has 6 fully saturated rings. The molecule has 6 aliphatic rings. The van der Waals surface area contributed by atoms with Crippen molar-refractivity contribution in [3.63, 3.8) is 0 Å². The van der Waals surface area contributed by atoms with Gasteiger partial charge in [-0.2, -0.15) is 0 Å². The predicted octanol–water partition coefficient (Wildman–Crippen LogP) is 6.93. The Morgan fingerprint density at radius 1 is 0.671 bits per heavy atom. The van der Waals surface area contributed by atoms with Gasteiger partial charge in [0.1, 0.15) is 52.6 Å². The molecule has 4 N–H and O–H groups in total. The van der Waals surface area contributed by atoms with Crippen LogP contribution < -0.4 is 36.0 Å². The van der Waals surface area contributed by atoms with Crippen LogP contribution in [0.1, 0.15) is 106 Å². The molecule has 2 aromatic heterocycles. The number of nitrogens with one attached hydrogen (secondary N) is 4. The van der Waals surface area contributed by atoms with Crippen LogP contribution >= 0.6 is 0 Å². The van der Waals surface area contributed by atoms with E-state index in [1.54, 1.807) is 15.9 Å². The second-order valence-electron chi connectivity index (χ2n) is 22.6. The fourth-order valence-electron chi connectivity index (χ4n) is 13.6. The number of imidazole rings is 2. The highest BCUT2D eigenvalue weighted by Gasteiger charge is 2.43. The van der Waals surface area contributed by atoms with Crippen LogP contribution in [0.4, 0.5) is 48.6 Å². The van der Waals surface area contributed by atoms with Crippen molar-refractivity contribution < 1.29 is 60.1 Å². The molecule has 5 aromatic rings. The Hall–Kier alpha value is -7.91. The summed E-state index contributed by atoms with van der Waals surface area (Å²) in [7, 11) is 2.49. The summed E-state index contributed by atoms with van der Waals surface area (Å²) >= 11 is 0. The number of carbonyl (C=O) groups is 4. The minimum Gasteiger partial charge on any atom is -0.453 e. The third-order valence-electron chi connectivity index (χ3n) is 17.8. The lowest BCUT2D eigenvalue weighted by molar-refractivity contribution is -0.137. The number of likely N-dealkylation sites (tertiary alicyclic amines) is 2. The minimum absolute atomic E-state index is 0.0613. The van der Waals surface area contributed by atoms with Crippen LogP contribution in [-0.2, 0) is 28.5 Å². The summed E-state index contributed by atoms with van der Waals surface area (Å²) in [4.78, 5) is 78.9. The molecular weight excluding hydrogens is 1110 g/mol. The van der Waals surface area contributed by atoms with Crippen LogP contribution in [0.15, 0.2) is 42.5 Å². The van der Waals surface area contributed by atoms with Crippen LogP contribution in [0.2, 0.25) is 0 Å². The molecule has 8 heterocycles. The zero-order valence-corrected chi connectivity index (χ0v) is 47.5. The molecule has 0 unspecified atom stereocenters. The van der Waals surface area contributed by atoms with E-state index in [2.05, 4.69) is 26.5 Å². The number of fused-ring (bicyclic) bond motifs is 1. The maximum absolute atomic E-state index is 17.1. The number of halogens is 5. The lowest BCUT2D eigenvalue weighted by atomic mass is 9.90. The van der Waals surface area contributed by atoms with E-state index in [-0.39, 0.29) is 78.9 Å². The fourth-order valence-corrected chi connectivity index (χ4v) is 13.6. The molecule has 6 saturated heterocycles. The van der Waals surface area contributed by atoms with E-state index in [1.807, 2.05) is 11.0 Å². The van der Waals surface area contributed by atoms with E-state index in [4.69, 9.17) is 35.3 Å². The summed E-state index contributed by atoms with van der Waals surface area (Å²) in [5, 5.41) is 6.52. The van der Waals surface area contributed by atoms with Gasteiger partial charge in [-0.25, -0.2) is 41.5 Å². The van der Waals surface area contributed by atoms with Crippen molar-refractivity contribution in [3.05, 3.63) is 99.5 Å². The van der Waals surface area contributed by atoms with Gasteiger partial charge in [-0.05, 0) is 119 Å². The number of piperazine rings is 1.